The maximum absolute atomic E-state index is 12.2. The van der Waals surface area contributed by atoms with Crippen molar-refractivity contribution in [3.8, 4) is 0 Å². The molecule has 0 fully saturated rings. The Bertz CT molecular complexity index is 750. The van der Waals surface area contributed by atoms with E-state index < -0.39 is 10.0 Å². The van der Waals surface area contributed by atoms with E-state index in [0.717, 1.165) is 10.0 Å². The molecule has 0 saturated carbocycles. The van der Waals surface area contributed by atoms with Gasteiger partial charge in [0.15, 0.2) is 0 Å². The molecule has 0 aromatic heterocycles. The summed E-state index contributed by atoms with van der Waals surface area (Å²) in [6.07, 6.45) is 0. The highest BCUT2D eigenvalue weighted by atomic mass is 79.9. The highest BCUT2D eigenvalue weighted by Gasteiger charge is 2.14. The molecule has 0 aliphatic heterocycles. The molecule has 4 nitrogen and oxygen atoms in total. The van der Waals surface area contributed by atoms with Gasteiger partial charge in [0.25, 0.3) is 0 Å². The number of sulfonamides is 1. The molecule has 0 heterocycles. The Hall–Kier alpha value is -1.08. The SMILES string of the molecule is NCc1cccc(CS(=O)(=O)Nc2ccc(Br)cc2Cl)c1. The highest BCUT2D eigenvalue weighted by Crippen LogP contribution is 2.27. The van der Waals surface area contributed by atoms with Crippen LogP contribution in [0.4, 0.5) is 5.69 Å². The summed E-state index contributed by atoms with van der Waals surface area (Å²) in [6, 6.07) is 12.1. The summed E-state index contributed by atoms with van der Waals surface area (Å²) in [5, 5.41) is 0.337. The minimum absolute atomic E-state index is 0.132. The molecule has 0 saturated heterocycles. The zero-order valence-electron chi connectivity index (χ0n) is 11.0. The summed E-state index contributed by atoms with van der Waals surface area (Å²) in [4.78, 5) is 0. The molecule has 0 unspecified atom stereocenters. The summed E-state index contributed by atoms with van der Waals surface area (Å²) in [7, 11) is -3.54. The van der Waals surface area contributed by atoms with Crippen LogP contribution in [0.1, 0.15) is 11.1 Å². The Morgan fingerprint density at radius 3 is 2.52 bits per heavy atom. The molecule has 21 heavy (non-hydrogen) atoms. The summed E-state index contributed by atoms with van der Waals surface area (Å²) in [5.74, 6) is -0.132. The summed E-state index contributed by atoms with van der Waals surface area (Å²) in [5.41, 5.74) is 7.48. The Balaban J connectivity index is 2.18. The van der Waals surface area contributed by atoms with Gasteiger partial charge in [-0.05, 0) is 29.3 Å². The number of hydrogen-bond donors (Lipinski definition) is 2. The molecule has 0 aliphatic rings. The van der Waals surface area contributed by atoms with Gasteiger partial charge in [-0.15, -0.1) is 0 Å². The van der Waals surface area contributed by atoms with Gasteiger partial charge in [-0.25, -0.2) is 8.42 Å². The normalized spacial score (nSPS) is 11.4. The van der Waals surface area contributed by atoms with E-state index in [9.17, 15) is 8.42 Å². The number of benzene rings is 2. The first-order valence-corrected chi connectivity index (χ1v) is 8.95. The molecule has 0 amide bonds. The van der Waals surface area contributed by atoms with Crippen molar-refractivity contribution in [2.24, 2.45) is 5.73 Å². The molecule has 0 radical (unpaired) electrons. The fourth-order valence-corrected chi connectivity index (χ4v) is 3.82. The van der Waals surface area contributed by atoms with Crippen molar-refractivity contribution in [1.29, 1.82) is 0 Å². The molecular formula is C14H14BrClN2O2S. The lowest BCUT2D eigenvalue weighted by Crippen LogP contribution is -2.15. The van der Waals surface area contributed by atoms with Crippen molar-refractivity contribution in [3.05, 3.63) is 63.1 Å². The van der Waals surface area contributed by atoms with E-state index in [-0.39, 0.29) is 5.75 Å². The van der Waals surface area contributed by atoms with E-state index in [1.54, 1.807) is 36.4 Å². The standard InChI is InChI=1S/C14H14BrClN2O2S/c15-12-4-5-14(13(16)7-12)18-21(19,20)9-11-3-1-2-10(6-11)8-17/h1-7,18H,8-9,17H2. The monoisotopic (exact) mass is 388 g/mol. The molecule has 0 bridgehead atoms. The third kappa shape index (κ3) is 4.71. The largest absolute Gasteiger partial charge is 0.326 e. The predicted molar refractivity (Wildman–Crippen MR) is 89.7 cm³/mol. The lowest BCUT2D eigenvalue weighted by molar-refractivity contribution is 0.600. The number of nitrogens with two attached hydrogens (primary N) is 1. The van der Waals surface area contributed by atoms with Gasteiger partial charge < -0.3 is 5.73 Å². The van der Waals surface area contributed by atoms with Gasteiger partial charge in [-0.1, -0.05) is 51.8 Å². The van der Waals surface area contributed by atoms with Gasteiger partial charge in [-0.3, -0.25) is 4.72 Å². The van der Waals surface area contributed by atoms with Gasteiger partial charge in [0.05, 0.1) is 16.5 Å². The van der Waals surface area contributed by atoms with Gasteiger partial charge in [0.1, 0.15) is 0 Å². The first-order chi connectivity index (χ1) is 9.89. The molecule has 2 aromatic carbocycles. The molecule has 0 spiro atoms. The van der Waals surface area contributed by atoms with Crippen LogP contribution in [0.15, 0.2) is 46.9 Å². The van der Waals surface area contributed by atoms with Gasteiger partial charge in [-0.2, -0.15) is 0 Å². The van der Waals surface area contributed by atoms with E-state index in [4.69, 9.17) is 17.3 Å². The van der Waals surface area contributed by atoms with Crippen molar-refractivity contribution in [2.75, 3.05) is 4.72 Å². The van der Waals surface area contributed by atoms with Crippen LogP contribution in [-0.2, 0) is 22.3 Å². The maximum Gasteiger partial charge on any atom is 0.236 e. The number of anilines is 1. The molecule has 7 heteroatoms. The van der Waals surface area contributed by atoms with Crippen molar-refractivity contribution in [1.82, 2.24) is 0 Å². The van der Waals surface area contributed by atoms with E-state index in [1.807, 2.05) is 6.07 Å². The molecule has 2 rings (SSSR count). The zero-order chi connectivity index (χ0) is 15.5. The number of hydrogen-bond acceptors (Lipinski definition) is 3. The fraction of sp³-hybridized carbons (Fsp3) is 0.143. The van der Waals surface area contributed by atoms with E-state index in [0.29, 0.717) is 22.8 Å². The van der Waals surface area contributed by atoms with Crippen molar-refractivity contribution >= 4 is 43.2 Å². The Labute approximate surface area is 137 Å². The van der Waals surface area contributed by atoms with Crippen LogP contribution in [0.25, 0.3) is 0 Å². The lowest BCUT2D eigenvalue weighted by atomic mass is 10.1. The summed E-state index contributed by atoms with van der Waals surface area (Å²) in [6.45, 7) is 0.375. The van der Waals surface area contributed by atoms with Crippen molar-refractivity contribution < 1.29 is 8.42 Å². The highest BCUT2D eigenvalue weighted by molar-refractivity contribution is 9.10. The van der Waals surface area contributed by atoms with Crippen LogP contribution in [-0.4, -0.2) is 8.42 Å². The quantitative estimate of drug-likeness (QED) is 0.822. The average molecular weight is 390 g/mol. The smallest absolute Gasteiger partial charge is 0.236 e. The van der Waals surface area contributed by atoms with Crippen LogP contribution in [0.2, 0.25) is 5.02 Å². The van der Waals surface area contributed by atoms with Crippen LogP contribution < -0.4 is 10.5 Å². The molecule has 3 N–H and O–H groups in total. The molecule has 0 atom stereocenters. The number of nitrogens with one attached hydrogen (secondary N) is 1. The number of halogens is 2. The lowest BCUT2D eigenvalue weighted by Gasteiger charge is -2.10. The Kier molecular flexibility index (Phi) is 5.27. The van der Waals surface area contributed by atoms with Gasteiger partial charge in [0, 0.05) is 11.0 Å². The zero-order valence-corrected chi connectivity index (χ0v) is 14.2. The predicted octanol–water partition coefficient (Wildman–Crippen LogP) is 3.50. The second kappa shape index (κ2) is 6.79. The fourth-order valence-electron chi connectivity index (χ4n) is 1.84. The van der Waals surface area contributed by atoms with Crippen LogP contribution >= 0.6 is 27.5 Å². The van der Waals surface area contributed by atoms with Crippen LogP contribution in [0.3, 0.4) is 0 Å². The minimum atomic E-state index is -3.54. The summed E-state index contributed by atoms with van der Waals surface area (Å²) < 4.78 is 27.7. The maximum atomic E-state index is 12.2. The Morgan fingerprint density at radius 1 is 1.14 bits per heavy atom. The van der Waals surface area contributed by atoms with E-state index in [1.165, 1.54) is 0 Å². The number of rotatable bonds is 5. The first-order valence-electron chi connectivity index (χ1n) is 6.13. The second-order valence-corrected chi connectivity index (χ2v) is 7.55. The topological polar surface area (TPSA) is 72.2 Å². The molecule has 2 aromatic rings. The average Bonchev–Trinajstić information content (AvgIpc) is 2.41. The van der Waals surface area contributed by atoms with Gasteiger partial charge in [0.2, 0.25) is 10.0 Å². The Morgan fingerprint density at radius 2 is 1.86 bits per heavy atom. The van der Waals surface area contributed by atoms with Gasteiger partial charge >= 0.3 is 0 Å². The molecule has 112 valence electrons. The van der Waals surface area contributed by atoms with E-state index >= 15 is 0 Å². The van der Waals surface area contributed by atoms with E-state index in [2.05, 4.69) is 20.7 Å². The third-order valence-corrected chi connectivity index (χ3v) is 4.83. The van der Waals surface area contributed by atoms with Crippen LogP contribution in [0.5, 0.6) is 0 Å². The van der Waals surface area contributed by atoms with Crippen molar-refractivity contribution in [2.45, 2.75) is 12.3 Å². The molecular weight excluding hydrogens is 376 g/mol. The van der Waals surface area contributed by atoms with Crippen LogP contribution in [0, 0.1) is 0 Å². The molecule has 0 aliphatic carbocycles. The van der Waals surface area contributed by atoms with Crippen molar-refractivity contribution in [3.63, 3.8) is 0 Å². The third-order valence-electron chi connectivity index (χ3n) is 2.78. The first kappa shape index (κ1) is 16.3. The second-order valence-electron chi connectivity index (χ2n) is 4.51. The summed E-state index contributed by atoms with van der Waals surface area (Å²) >= 11 is 9.28. The minimum Gasteiger partial charge on any atom is -0.326 e.